The van der Waals surface area contributed by atoms with Crippen LogP contribution in [0.5, 0.6) is 0 Å². The molecule has 7 heteroatoms. The Morgan fingerprint density at radius 2 is 2.04 bits per heavy atom. The average molecular weight is 354 g/mol. The molecule has 4 heterocycles. The van der Waals surface area contributed by atoms with Crippen molar-refractivity contribution in [1.82, 2.24) is 19.9 Å². The third kappa shape index (κ3) is 3.73. The van der Waals surface area contributed by atoms with Crippen molar-refractivity contribution in [2.75, 3.05) is 19.7 Å². The van der Waals surface area contributed by atoms with Crippen molar-refractivity contribution in [2.45, 2.75) is 37.6 Å². The van der Waals surface area contributed by atoms with Gasteiger partial charge in [0.1, 0.15) is 0 Å². The first kappa shape index (κ1) is 17.1. The number of rotatable bonds is 4. The van der Waals surface area contributed by atoms with Crippen LogP contribution in [-0.2, 0) is 16.1 Å². The monoisotopic (exact) mass is 354 g/mol. The zero-order chi connectivity index (χ0) is 17.8. The molecule has 2 aromatic rings. The van der Waals surface area contributed by atoms with Crippen LogP contribution in [0.2, 0.25) is 0 Å². The molecule has 1 atom stereocenters. The van der Waals surface area contributed by atoms with Gasteiger partial charge >= 0.3 is 0 Å². The molecule has 0 aliphatic carbocycles. The van der Waals surface area contributed by atoms with Gasteiger partial charge in [0, 0.05) is 44.3 Å². The van der Waals surface area contributed by atoms with Gasteiger partial charge in [0.2, 0.25) is 5.82 Å². The van der Waals surface area contributed by atoms with Crippen molar-refractivity contribution in [3.8, 4) is 0 Å². The van der Waals surface area contributed by atoms with Gasteiger partial charge in [-0.3, -0.25) is 9.78 Å². The zero-order valence-electron chi connectivity index (χ0n) is 14.6. The van der Waals surface area contributed by atoms with Gasteiger partial charge in [-0.25, -0.2) is 9.97 Å². The normalized spacial score (nSPS) is 21.8. The Morgan fingerprint density at radius 1 is 1.23 bits per heavy atom. The summed E-state index contributed by atoms with van der Waals surface area (Å²) >= 11 is 0. The SMILES string of the molecule is O=C(c1ncccn1)N1CCC2(CC1)C[C@@H](OCc1cccnc1)CO2. The van der Waals surface area contributed by atoms with Gasteiger partial charge in [-0.1, -0.05) is 6.07 Å². The van der Waals surface area contributed by atoms with E-state index in [2.05, 4.69) is 15.0 Å². The van der Waals surface area contributed by atoms with Crippen molar-refractivity contribution >= 4 is 5.91 Å². The fourth-order valence-electron chi connectivity index (χ4n) is 3.62. The van der Waals surface area contributed by atoms with E-state index in [1.54, 1.807) is 24.7 Å². The molecule has 0 radical (unpaired) electrons. The molecule has 1 spiro atoms. The molecule has 136 valence electrons. The van der Waals surface area contributed by atoms with E-state index >= 15 is 0 Å². The Hall–Kier alpha value is -2.38. The summed E-state index contributed by atoms with van der Waals surface area (Å²) in [6.07, 6.45) is 9.36. The van der Waals surface area contributed by atoms with Crippen LogP contribution in [0.1, 0.15) is 35.4 Å². The van der Waals surface area contributed by atoms with Gasteiger partial charge in [0.25, 0.3) is 5.91 Å². The Bertz CT molecular complexity index is 733. The first-order chi connectivity index (χ1) is 12.7. The largest absolute Gasteiger partial charge is 0.372 e. The molecule has 7 nitrogen and oxygen atoms in total. The molecule has 1 amide bonds. The third-order valence-electron chi connectivity index (χ3n) is 5.10. The number of hydrogen-bond donors (Lipinski definition) is 0. The van der Waals surface area contributed by atoms with Crippen molar-refractivity contribution < 1.29 is 14.3 Å². The van der Waals surface area contributed by atoms with Crippen LogP contribution < -0.4 is 0 Å². The van der Waals surface area contributed by atoms with E-state index in [1.165, 1.54) is 0 Å². The van der Waals surface area contributed by atoms with Crippen LogP contribution in [0.3, 0.4) is 0 Å². The minimum absolute atomic E-state index is 0.0925. The summed E-state index contributed by atoms with van der Waals surface area (Å²) in [7, 11) is 0. The second-order valence-electron chi connectivity index (χ2n) is 6.86. The third-order valence-corrected chi connectivity index (χ3v) is 5.10. The summed E-state index contributed by atoms with van der Waals surface area (Å²) in [5.41, 5.74) is 0.894. The summed E-state index contributed by atoms with van der Waals surface area (Å²) in [4.78, 5) is 26.5. The number of likely N-dealkylation sites (tertiary alicyclic amines) is 1. The molecular weight excluding hydrogens is 332 g/mol. The van der Waals surface area contributed by atoms with E-state index in [1.807, 2.05) is 23.2 Å². The second-order valence-corrected chi connectivity index (χ2v) is 6.86. The van der Waals surface area contributed by atoms with Crippen molar-refractivity contribution in [3.63, 3.8) is 0 Å². The molecule has 0 saturated carbocycles. The number of aromatic nitrogens is 3. The molecular formula is C19H22N4O3. The number of ether oxygens (including phenoxy) is 2. The minimum Gasteiger partial charge on any atom is -0.372 e. The standard InChI is InChI=1S/C19H22N4O3/c24-18(17-21-7-2-8-22-17)23-9-4-19(5-10-23)11-16(14-26-19)25-13-15-3-1-6-20-12-15/h1-3,6-8,12,16H,4-5,9-11,13-14H2/t16-/m1/s1. The lowest BCUT2D eigenvalue weighted by Crippen LogP contribution is -2.47. The summed E-state index contributed by atoms with van der Waals surface area (Å²) in [5.74, 6) is 0.149. The molecule has 26 heavy (non-hydrogen) atoms. The Labute approximate surface area is 152 Å². The van der Waals surface area contributed by atoms with Gasteiger partial charge < -0.3 is 14.4 Å². The smallest absolute Gasteiger partial charge is 0.291 e. The lowest BCUT2D eigenvalue weighted by atomic mass is 9.88. The van der Waals surface area contributed by atoms with Crippen molar-refractivity contribution in [1.29, 1.82) is 0 Å². The first-order valence-corrected chi connectivity index (χ1v) is 8.95. The van der Waals surface area contributed by atoms with Crippen LogP contribution in [-0.4, -0.2) is 57.2 Å². The number of nitrogens with zero attached hydrogens (tertiary/aromatic N) is 4. The number of pyridine rings is 1. The van der Waals surface area contributed by atoms with E-state index in [4.69, 9.17) is 9.47 Å². The molecule has 0 bridgehead atoms. The highest BCUT2D eigenvalue weighted by atomic mass is 16.6. The number of carbonyl (C=O) groups excluding carboxylic acids is 1. The highest BCUT2D eigenvalue weighted by Crippen LogP contribution is 2.37. The highest BCUT2D eigenvalue weighted by molar-refractivity contribution is 5.90. The predicted molar refractivity (Wildman–Crippen MR) is 93.3 cm³/mol. The molecule has 0 unspecified atom stereocenters. The number of piperidine rings is 1. The van der Waals surface area contributed by atoms with Crippen molar-refractivity contribution in [2.24, 2.45) is 0 Å². The summed E-state index contributed by atoms with van der Waals surface area (Å²) in [5, 5.41) is 0. The zero-order valence-corrected chi connectivity index (χ0v) is 14.6. The maximum absolute atomic E-state index is 12.5. The number of carbonyl (C=O) groups is 1. The van der Waals surface area contributed by atoms with Gasteiger partial charge in [0.05, 0.1) is 24.9 Å². The Morgan fingerprint density at radius 3 is 2.77 bits per heavy atom. The lowest BCUT2D eigenvalue weighted by Gasteiger charge is -2.38. The minimum atomic E-state index is -0.173. The van der Waals surface area contributed by atoms with Gasteiger partial charge in [-0.15, -0.1) is 0 Å². The molecule has 0 aromatic carbocycles. The molecule has 2 aliphatic rings. The van der Waals surface area contributed by atoms with Gasteiger partial charge in [-0.05, 0) is 30.5 Å². The molecule has 2 aliphatic heterocycles. The topological polar surface area (TPSA) is 77.4 Å². The maximum atomic E-state index is 12.5. The van der Waals surface area contributed by atoms with Crippen molar-refractivity contribution in [3.05, 3.63) is 54.4 Å². The van der Waals surface area contributed by atoms with E-state index in [0.717, 1.165) is 24.8 Å². The molecule has 2 aromatic heterocycles. The summed E-state index contributed by atoms with van der Waals surface area (Å²) < 4.78 is 12.1. The number of hydrogen-bond acceptors (Lipinski definition) is 6. The van der Waals surface area contributed by atoms with Crippen LogP contribution in [0.15, 0.2) is 43.0 Å². The fourth-order valence-corrected chi connectivity index (χ4v) is 3.62. The maximum Gasteiger partial charge on any atom is 0.291 e. The van der Waals surface area contributed by atoms with Gasteiger partial charge in [-0.2, -0.15) is 0 Å². The first-order valence-electron chi connectivity index (χ1n) is 8.95. The summed E-state index contributed by atoms with van der Waals surface area (Å²) in [6.45, 7) is 2.47. The average Bonchev–Trinajstić information content (AvgIpc) is 3.10. The van der Waals surface area contributed by atoms with Gasteiger partial charge in [0.15, 0.2) is 0 Å². The van der Waals surface area contributed by atoms with E-state index in [-0.39, 0.29) is 23.4 Å². The predicted octanol–water partition coefficient (Wildman–Crippen LogP) is 1.85. The van der Waals surface area contributed by atoms with Crippen LogP contribution in [0, 0.1) is 0 Å². The second kappa shape index (κ2) is 7.47. The summed E-state index contributed by atoms with van der Waals surface area (Å²) in [6, 6.07) is 5.63. The molecule has 2 fully saturated rings. The quantitative estimate of drug-likeness (QED) is 0.834. The van der Waals surface area contributed by atoms with Crippen LogP contribution in [0.4, 0.5) is 0 Å². The Kier molecular flexibility index (Phi) is 4.90. The molecule has 2 saturated heterocycles. The van der Waals surface area contributed by atoms with Crippen LogP contribution >= 0.6 is 0 Å². The van der Waals surface area contributed by atoms with E-state index in [9.17, 15) is 4.79 Å². The number of amides is 1. The van der Waals surface area contributed by atoms with E-state index < -0.39 is 0 Å². The highest BCUT2D eigenvalue weighted by Gasteiger charge is 2.44. The fraction of sp³-hybridized carbons (Fsp3) is 0.474. The molecule has 0 N–H and O–H groups in total. The van der Waals surface area contributed by atoms with Crippen LogP contribution in [0.25, 0.3) is 0 Å². The molecule has 4 rings (SSSR count). The van der Waals surface area contributed by atoms with E-state index in [0.29, 0.717) is 26.3 Å². The lowest BCUT2D eigenvalue weighted by molar-refractivity contribution is -0.0414. The Balaban J connectivity index is 1.28.